The molecule has 0 aliphatic carbocycles. The molecule has 26 heavy (non-hydrogen) atoms. The molecular formula is C19H31N5O2. The van der Waals surface area contributed by atoms with E-state index in [4.69, 9.17) is 4.74 Å². The third-order valence-electron chi connectivity index (χ3n) is 4.69. The molecule has 3 N–H and O–H groups in total. The van der Waals surface area contributed by atoms with Crippen molar-refractivity contribution in [1.82, 2.24) is 20.9 Å². The Balaban J connectivity index is 1.66. The minimum atomic E-state index is -0.0954. The van der Waals surface area contributed by atoms with Gasteiger partial charge in [0.1, 0.15) is 5.75 Å². The van der Waals surface area contributed by atoms with Gasteiger partial charge in [0.25, 0.3) is 5.91 Å². The van der Waals surface area contributed by atoms with E-state index in [9.17, 15) is 4.79 Å². The molecule has 1 amide bonds. The Morgan fingerprint density at radius 3 is 2.62 bits per heavy atom. The van der Waals surface area contributed by atoms with Crippen LogP contribution in [-0.4, -0.2) is 69.7 Å². The Kier molecular flexibility index (Phi) is 8.21. The number of carbonyl (C=O) groups excluding carboxylic acids is 1. The van der Waals surface area contributed by atoms with Crippen molar-refractivity contribution in [2.45, 2.75) is 25.8 Å². The van der Waals surface area contributed by atoms with E-state index in [2.05, 4.69) is 32.8 Å². The lowest BCUT2D eigenvalue weighted by atomic mass is 10.2. The zero-order chi connectivity index (χ0) is 18.8. The number of carbonyl (C=O) groups is 1. The molecule has 1 atom stereocenters. The van der Waals surface area contributed by atoms with Gasteiger partial charge in [-0.05, 0) is 50.2 Å². The van der Waals surface area contributed by atoms with Crippen LogP contribution in [-0.2, 0) is 0 Å². The summed E-state index contributed by atoms with van der Waals surface area (Å²) in [5.74, 6) is 1.41. The van der Waals surface area contributed by atoms with E-state index in [0.717, 1.165) is 24.8 Å². The van der Waals surface area contributed by atoms with Crippen LogP contribution in [0.3, 0.4) is 0 Å². The largest absolute Gasteiger partial charge is 0.497 e. The number of benzene rings is 1. The zero-order valence-electron chi connectivity index (χ0n) is 16.0. The molecular weight excluding hydrogens is 330 g/mol. The smallest absolute Gasteiger partial charge is 0.251 e. The molecule has 2 rings (SSSR count). The molecule has 0 radical (unpaired) electrons. The second-order valence-corrected chi connectivity index (χ2v) is 6.29. The van der Waals surface area contributed by atoms with Gasteiger partial charge in [-0.25, -0.2) is 0 Å². The van der Waals surface area contributed by atoms with Crippen LogP contribution in [0.1, 0.15) is 30.1 Å². The highest BCUT2D eigenvalue weighted by atomic mass is 16.5. The van der Waals surface area contributed by atoms with E-state index in [-0.39, 0.29) is 5.91 Å². The van der Waals surface area contributed by atoms with Crippen molar-refractivity contribution in [3.05, 3.63) is 29.8 Å². The van der Waals surface area contributed by atoms with Gasteiger partial charge in [0.15, 0.2) is 5.96 Å². The summed E-state index contributed by atoms with van der Waals surface area (Å²) in [5.41, 5.74) is 0.620. The number of rotatable bonds is 8. The van der Waals surface area contributed by atoms with Gasteiger partial charge in [0, 0.05) is 38.3 Å². The van der Waals surface area contributed by atoms with E-state index < -0.39 is 0 Å². The van der Waals surface area contributed by atoms with E-state index in [0.29, 0.717) is 24.7 Å². The normalized spacial score (nSPS) is 17.8. The third-order valence-corrected chi connectivity index (χ3v) is 4.69. The Hall–Kier alpha value is -2.28. The van der Waals surface area contributed by atoms with Crippen LogP contribution < -0.4 is 20.7 Å². The maximum Gasteiger partial charge on any atom is 0.251 e. The molecule has 1 saturated heterocycles. The molecule has 1 aromatic carbocycles. The van der Waals surface area contributed by atoms with Crippen molar-refractivity contribution in [2.75, 3.05) is 46.9 Å². The number of amides is 1. The minimum Gasteiger partial charge on any atom is -0.497 e. The number of hydrogen-bond acceptors (Lipinski definition) is 4. The second-order valence-electron chi connectivity index (χ2n) is 6.29. The lowest BCUT2D eigenvalue weighted by molar-refractivity contribution is 0.0954. The first-order chi connectivity index (χ1) is 12.7. The number of likely N-dealkylation sites (N-methyl/N-ethyl adjacent to an activating group) is 1. The van der Waals surface area contributed by atoms with Crippen molar-refractivity contribution < 1.29 is 9.53 Å². The van der Waals surface area contributed by atoms with Crippen molar-refractivity contribution in [1.29, 1.82) is 0 Å². The Bertz CT molecular complexity index is 588. The number of guanidine groups is 1. The van der Waals surface area contributed by atoms with Gasteiger partial charge < -0.3 is 20.7 Å². The molecule has 1 aromatic rings. The summed E-state index contributed by atoms with van der Waals surface area (Å²) in [6.45, 7) is 6.52. The number of ether oxygens (including phenoxy) is 1. The predicted molar refractivity (Wildman–Crippen MR) is 105 cm³/mol. The molecule has 1 aliphatic heterocycles. The lowest BCUT2D eigenvalue weighted by Crippen LogP contribution is -2.46. The van der Waals surface area contributed by atoms with Gasteiger partial charge in [0.05, 0.1) is 7.11 Å². The van der Waals surface area contributed by atoms with Crippen LogP contribution in [0, 0.1) is 0 Å². The molecule has 0 saturated carbocycles. The first-order valence-electron chi connectivity index (χ1n) is 9.28. The van der Waals surface area contributed by atoms with Crippen molar-refractivity contribution in [3.8, 4) is 5.75 Å². The van der Waals surface area contributed by atoms with E-state index in [1.807, 2.05) is 0 Å². The van der Waals surface area contributed by atoms with Crippen LogP contribution in [0.15, 0.2) is 29.3 Å². The quantitative estimate of drug-likeness (QED) is 0.367. The van der Waals surface area contributed by atoms with Crippen LogP contribution in [0.4, 0.5) is 0 Å². The van der Waals surface area contributed by atoms with Gasteiger partial charge in [-0.1, -0.05) is 6.92 Å². The summed E-state index contributed by atoms with van der Waals surface area (Å²) in [7, 11) is 3.37. The summed E-state index contributed by atoms with van der Waals surface area (Å²) in [6.07, 6.45) is 2.50. The number of nitrogens with zero attached hydrogens (tertiary/aromatic N) is 2. The van der Waals surface area contributed by atoms with Gasteiger partial charge in [-0.3, -0.25) is 14.7 Å². The molecule has 0 aromatic heterocycles. The number of aliphatic imine (C=N–C) groups is 1. The first kappa shape index (κ1) is 20.0. The molecule has 144 valence electrons. The number of nitrogens with one attached hydrogen (secondary N) is 3. The molecule has 0 bridgehead atoms. The van der Waals surface area contributed by atoms with E-state index >= 15 is 0 Å². The van der Waals surface area contributed by atoms with Crippen LogP contribution in [0.25, 0.3) is 0 Å². The number of methoxy groups -OCH3 is 1. The van der Waals surface area contributed by atoms with Crippen molar-refractivity contribution in [3.63, 3.8) is 0 Å². The summed E-state index contributed by atoms with van der Waals surface area (Å²) in [4.78, 5) is 18.8. The molecule has 7 nitrogen and oxygen atoms in total. The topological polar surface area (TPSA) is 78.0 Å². The SMILES string of the molecule is CCN1CCCC1CNC(=NC)NCCNC(=O)c1ccc(OC)cc1. The monoisotopic (exact) mass is 361 g/mol. The average Bonchev–Trinajstić information content (AvgIpc) is 3.15. The van der Waals surface area contributed by atoms with Gasteiger partial charge >= 0.3 is 0 Å². The second kappa shape index (κ2) is 10.7. The van der Waals surface area contributed by atoms with Gasteiger partial charge in [-0.2, -0.15) is 0 Å². The highest BCUT2D eigenvalue weighted by molar-refractivity contribution is 5.94. The summed E-state index contributed by atoms with van der Waals surface area (Å²) >= 11 is 0. The number of hydrogen-bond donors (Lipinski definition) is 3. The fraction of sp³-hybridized carbons (Fsp3) is 0.579. The zero-order valence-corrected chi connectivity index (χ0v) is 16.0. The maximum atomic E-state index is 12.1. The summed E-state index contributed by atoms with van der Waals surface area (Å²) in [5, 5.41) is 9.51. The van der Waals surface area contributed by atoms with E-state index in [1.165, 1.54) is 19.4 Å². The Labute approximate surface area is 156 Å². The van der Waals surface area contributed by atoms with Crippen LogP contribution >= 0.6 is 0 Å². The summed E-state index contributed by atoms with van der Waals surface area (Å²) in [6, 6.07) is 7.64. The first-order valence-corrected chi connectivity index (χ1v) is 9.28. The predicted octanol–water partition coefficient (Wildman–Crippen LogP) is 1.07. The van der Waals surface area contributed by atoms with Crippen LogP contribution in [0.2, 0.25) is 0 Å². The fourth-order valence-electron chi connectivity index (χ4n) is 3.18. The molecule has 0 spiro atoms. The minimum absolute atomic E-state index is 0.0954. The lowest BCUT2D eigenvalue weighted by Gasteiger charge is -2.24. The highest BCUT2D eigenvalue weighted by Gasteiger charge is 2.22. The average molecular weight is 361 g/mol. The number of likely N-dealkylation sites (tertiary alicyclic amines) is 1. The maximum absolute atomic E-state index is 12.1. The van der Waals surface area contributed by atoms with Crippen LogP contribution in [0.5, 0.6) is 5.75 Å². The molecule has 7 heteroatoms. The highest BCUT2D eigenvalue weighted by Crippen LogP contribution is 2.15. The van der Waals surface area contributed by atoms with E-state index in [1.54, 1.807) is 38.4 Å². The Morgan fingerprint density at radius 2 is 1.96 bits per heavy atom. The molecule has 1 unspecified atom stereocenters. The Morgan fingerprint density at radius 1 is 1.23 bits per heavy atom. The molecule has 1 fully saturated rings. The molecule has 1 heterocycles. The van der Waals surface area contributed by atoms with Gasteiger partial charge in [0.2, 0.25) is 0 Å². The van der Waals surface area contributed by atoms with Gasteiger partial charge in [-0.15, -0.1) is 0 Å². The van der Waals surface area contributed by atoms with Crippen molar-refractivity contribution >= 4 is 11.9 Å². The van der Waals surface area contributed by atoms with Crippen molar-refractivity contribution in [2.24, 2.45) is 4.99 Å². The third kappa shape index (κ3) is 5.91. The molecule has 1 aliphatic rings. The standard InChI is InChI=1S/C19H31N5O2/c1-4-24-13-5-6-16(24)14-23-19(20-2)22-12-11-21-18(25)15-7-9-17(26-3)10-8-15/h7-10,16H,4-6,11-14H2,1-3H3,(H,21,25)(H2,20,22,23). The fourth-order valence-corrected chi connectivity index (χ4v) is 3.18. The summed E-state index contributed by atoms with van der Waals surface area (Å²) < 4.78 is 5.09.